The fourth-order valence-corrected chi connectivity index (χ4v) is 7.75. The Kier molecular flexibility index (Phi) is 12.4. The first-order valence-corrected chi connectivity index (χ1v) is 19.4. The lowest BCUT2D eigenvalue weighted by Gasteiger charge is -2.35. The Labute approximate surface area is 314 Å². The molecule has 0 aliphatic carbocycles. The number of nitrogens with two attached hydrogens (primary N) is 1. The summed E-state index contributed by atoms with van der Waals surface area (Å²) in [6.45, 7) is 16.8. The highest BCUT2D eigenvalue weighted by molar-refractivity contribution is 6.04. The lowest BCUT2D eigenvalue weighted by Crippen LogP contribution is -2.49. The van der Waals surface area contributed by atoms with Gasteiger partial charge in [0.25, 0.3) is 0 Å². The fraction of sp³-hybridized carbons (Fsp3) is 0.590. The van der Waals surface area contributed by atoms with E-state index in [0.717, 1.165) is 112 Å². The average Bonchev–Trinajstić information content (AvgIpc) is 3.87. The summed E-state index contributed by atoms with van der Waals surface area (Å²) in [5.41, 5.74) is 17.2. The molecule has 14 nitrogen and oxygen atoms in total. The molecule has 0 bridgehead atoms. The zero-order valence-electron chi connectivity index (χ0n) is 32.3. The SMILES string of the molecule is CCCCCNc1nc(N)nc2ccn(Cc3ccc(CN4CCN(CCN5C=C(CN6C(=O)CC(C(C)(CC)CC)C6=O)NN5)CC4)cc3OC)c12. The average molecular weight is 730 g/mol. The number of unbranched alkanes of at least 4 members (excludes halogenated alkanes) is 2. The van der Waals surface area contributed by atoms with Gasteiger partial charge in [-0.25, -0.2) is 4.98 Å². The van der Waals surface area contributed by atoms with Gasteiger partial charge in [0.2, 0.25) is 17.8 Å². The van der Waals surface area contributed by atoms with Gasteiger partial charge in [0.05, 0.1) is 37.3 Å². The zero-order chi connectivity index (χ0) is 37.5. The Balaban J connectivity index is 0.974. The van der Waals surface area contributed by atoms with Crippen LogP contribution < -0.4 is 26.7 Å². The van der Waals surface area contributed by atoms with Gasteiger partial charge in [0.1, 0.15) is 11.3 Å². The van der Waals surface area contributed by atoms with E-state index in [4.69, 9.17) is 10.5 Å². The van der Waals surface area contributed by atoms with Gasteiger partial charge in [-0.3, -0.25) is 29.3 Å². The van der Waals surface area contributed by atoms with Crippen LogP contribution in [0, 0.1) is 11.3 Å². The maximum Gasteiger partial charge on any atom is 0.233 e. The first-order chi connectivity index (χ1) is 25.6. The maximum atomic E-state index is 13.2. The molecule has 288 valence electrons. The van der Waals surface area contributed by atoms with E-state index in [1.165, 1.54) is 16.9 Å². The number of nitrogen functional groups attached to an aromatic ring is 1. The molecule has 2 fully saturated rings. The molecule has 14 heteroatoms. The molecule has 2 aromatic heterocycles. The van der Waals surface area contributed by atoms with E-state index in [2.05, 4.69) is 86.5 Å². The van der Waals surface area contributed by atoms with Crippen LogP contribution in [0.25, 0.3) is 11.0 Å². The first-order valence-electron chi connectivity index (χ1n) is 19.4. The Morgan fingerprint density at radius 3 is 2.49 bits per heavy atom. The number of carbonyl (C=O) groups is 2. The summed E-state index contributed by atoms with van der Waals surface area (Å²) >= 11 is 0. The number of methoxy groups -OCH3 is 1. The van der Waals surface area contributed by atoms with Gasteiger partial charge in [-0.2, -0.15) is 4.98 Å². The fourth-order valence-electron chi connectivity index (χ4n) is 7.75. The van der Waals surface area contributed by atoms with Gasteiger partial charge in [0, 0.05) is 76.7 Å². The molecule has 3 aromatic rings. The van der Waals surface area contributed by atoms with Crippen molar-refractivity contribution < 1.29 is 14.3 Å². The standard InChI is InChI=1S/C39H59N11O3/c1-6-9-10-14-41-36-35-32(42-38(40)43-36)13-15-48(35)25-29-12-11-28(22-33(29)53-5)24-47-18-16-46(17-19-47)20-21-49-26-30(44-45-49)27-50-34(51)23-31(37(50)52)39(4,7-2)8-3/h11-13,15,22,26,31,44-45H,6-10,14,16-21,23-25,27H2,1-5H3,(H3,40,41,42,43). The number of carbonyl (C=O) groups excluding carboxylic acids is 2. The highest BCUT2D eigenvalue weighted by Crippen LogP contribution is 2.41. The van der Waals surface area contributed by atoms with Crippen LogP contribution >= 0.6 is 0 Å². The van der Waals surface area contributed by atoms with Crippen LogP contribution in [0.15, 0.2) is 42.4 Å². The third-order valence-electron chi connectivity index (χ3n) is 11.6. The number of nitrogens with zero attached hydrogens (tertiary/aromatic N) is 7. The molecule has 5 N–H and O–H groups in total. The van der Waals surface area contributed by atoms with E-state index >= 15 is 0 Å². The number of anilines is 2. The third kappa shape index (κ3) is 8.88. The smallest absolute Gasteiger partial charge is 0.233 e. The summed E-state index contributed by atoms with van der Waals surface area (Å²) in [5.74, 6) is 1.56. The number of amides is 2. The lowest BCUT2D eigenvalue weighted by molar-refractivity contribution is -0.140. The molecule has 2 saturated heterocycles. The third-order valence-corrected chi connectivity index (χ3v) is 11.6. The number of piperazine rings is 1. The van der Waals surface area contributed by atoms with E-state index in [-0.39, 0.29) is 35.6 Å². The Morgan fingerprint density at radius 1 is 0.981 bits per heavy atom. The van der Waals surface area contributed by atoms with Crippen molar-refractivity contribution in [1.29, 1.82) is 0 Å². The van der Waals surface area contributed by atoms with Gasteiger partial charge in [0.15, 0.2) is 5.82 Å². The summed E-state index contributed by atoms with van der Waals surface area (Å²) in [6.07, 6.45) is 9.49. The van der Waals surface area contributed by atoms with Crippen molar-refractivity contribution in [2.24, 2.45) is 11.3 Å². The van der Waals surface area contributed by atoms with Crippen molar-refractivity contribution in [3.05, 3.63) is 53.5 Å². The number of benzene rings is 1. The molecule has 1 aromatic carbocycles. The Bertz CT molecular complexity index is 1760. The summed E-state index contributed by atoms with van der Waals surface area (Å²) in [5, 5.41) is 5.49. The van der Waals surface area contributed by atoms with E-state index < -0.39 is 0 Å². The molecule has 53 heavy (non-hydrogen) atoms. The normalized spacial score (nSPS) is 18.7. The van der Waals surface area contributed by atoms with Crippen LogP contribution in [-0.2, 0) is 22.7 Å². The second-order valence-electron chi connectivity index (χ2n) is 15.0. The molecule has 2 amide bonds. The number of nitrogens with one attached hydrogen (secondary N) is 3. The number of imide groups is 1. The highest BCUT2D eigenvalue weighted by Gasteiger charge is 2.47. The summed E-state index contributed by atoms with van der Waals surface area (Å²) in [6, 6.07) is 8.53. The molecular formula is C39H59N11O3. The minimum absolute atomic E-state index is 0.0400. The van der Waals surface area contributed by atoms with Crippen molar-refractivity contribution in [3.8, 4) is 5.75 Å². The number of hydrogen-bond donors (Lipinski definition) is 4. The van der Waals surface area contributed by atoms with E-state index in [9.17, 15) is 9.59 Å². The quantitative estimate of drug-likeness (QED) is 0.110. The van der Waals surface area contributed by atoms with Crippen LogP contribution in [0.3, 0.4) is 0 Å². The maximum absolute atomic E-state index is 13.2. The predicted octanol–water partition coefficient (Wildman–Crippen LogP) is 4.16. The van der Waals surface area contributed by atoms with Crippen molar-refractivity contribution in [2.75, 3.05) is 70.5 Å². The second-order valence-corrected chi connectivity index (χ2v) is 15.0. The van der Waals surface area contributed by atoms with E-state index in [0.29, 0.717) is 13.0 Å². The topological polar surface area (TPSA) is 149 Å². The van der Waals surface area contributed by atoms with Gasteiger partial charge in [-0.05, 0) is 42.4 Å². The van der Waals surface area contributed by atoms with Crippen LogP contribution in [-0.4, -0.2) is 106 Å². The summed E-state index contributed by atoms with van der Waals surface area (Å²) < 4.78 is 8.06. The van der Waals surface area contributed by atoms with Crippen LogP contribution in [0.1, 0.15) is 77.3 Å². The minimum atomic E-state index is -0.236. The Hall–Kier alpha value is -4.40. The molecule has 5 heterocycles. The largest absolute Gasteiger partial charge is 0.496 e. The second kappa shape index (κ2) is 17.2. The van der Waals surface area contributed by atoms with E-state index in [1.54, 1.807) is 7.11 Å². The first kappa shape index (κ1) is 38.3. The monoisotopic (exact) mass is 729 g/mol. The number of likely N-dealkylation sites (tertiary alicyclic amines) is 1. The molecule has 0 saturated carbocycles. The number of aromatic nitrogens is 3. The van der Waals surface area contributed by atoms with E-state index in [1.807, 2.05) is 23.5 Å². The van der Waals surface area contributed by atoms with Gasteiger partial charge in [-0.15, -0.1) is 5.53 Å². The Morgan fingerprint density at radius 2 is 1.75 bits per heavy atom. The van der Waals surface area contributed by atoms with Crippen LogP contribution in [0.2, 0.25) is 0 Å². The number of ether oxygens (including phenoxy) is 1. The number of fused-ring (bicyclic) bond motifs is 1. The van der Waals surface area contributed by atoms with Gasteiger partial charge in [-0.1, -0.05) is 52.7 Å². The molecule has 3 aliphatic rings. The molecule has 0 radical (unpaired) electrons. The summed E-state index contributed by atoms with van der Waals surface area (Å²) in [7, 11) is 1.73. The van der Waals surface area contributed by atoms with Crippen LogP contribution in [0.4, 0.5) is 11.8 Å². The number of hydrogen-bond acceptors (Lipinski definition) is 12. The number of rotatable bonds is 18. The van der Waals surface area contributed by atoms with Crippen LogP contribution in [0.5, 0.6) is 5.75 Å². The van der Waals surface area contributed by atoms with Crippen molar-refractivity contribution in [1.82, 2.24) is 45.2 Å². The lowest BCUT2D eigenvalue weighted by atomic mass is 9.72. The zero-order valence-corrected chi connectivity index (χ0v) is 32.3. The van der Waals surface area contributed by atoms with Crippen molar-refractivity contribution in [3.63, 3.8) is 0 Å². The van der Waals surface area contributed by atoms with Crippen molar-refractivity contribution in [2.45, 2.75) is 79.3 Å². The molecular weight excluding hydrogens is 671 g/mol. The van der Waals surface area contributed by atoms with Crippen molar-refractivity contribution >= 4 is 34.6 Å². The number of hydrazine groups is 2. The summed E-state index contributed by atoms with van der Waals surface area (Å²) in [4.78, 5) is 41.4. The van der Waals surface area contributed by atoms with Gasteiger partial charge >= 0.3 is 0 Å². The molecule has 1 atom stereocenters. The highest BCUT2D eigenvalue weighted by atomic mass is 16.5. The predicted molar refractivity (Wildman–Crippen MR) is 208 cm³/mol. The molecule has 1 unspecified atom stereocenters. The molecule has 3 aliphatic heterocycles. The molecule has 6 rings (SSSR count). The molecule has 0 spiro atoms. The van der Waals surface area contributed by atoms with Gasteiger partial charge < -0.3 is 25.8 Å². The minimum Gasteiger partial charge on any atom is -0.496 e.